The van der Waals surface area contributed by atoms with E-state index in [1.54, 1.807) is 6.20 Å². The molecule has 1 atom stereocenters. The molecule has 1 aliphatic rings. The lowest BCUT2D eigenvalue weighted by Gasteiger charge is -2.11. The molecule has 2 aromatic rings. The molecule has 0 bridgehead atoms. The number of hydrogen-bond acceptors (Lipinski definition) is 4. The van der Waals surface area contributed by atoms with Crippen LogP contribution in [0.2, 0.25) is 0 Å². The third-order valence-corrected chi connectivity index (χ3v) is 5.43. The summed E-state index contributed by atoms with van der Waals surface area (Å²) < 4.78 is 27.2. The fourth-order valence-electron chi connectivity index (χ4n) is 2.92. The van der Waals surface area contributed by atoms with Gasteiger partial charge in [-0.3, -0.25) is 4.98 Å². The predicted molar refractivity (Wildman–Crippen MR) is 95.2 cm³/mol. The van der Waals surface area contributed by atoms with Gasteiger partial charge in [0.05, 0.1) is 11.3 Å². The highest BCUT2D eigenvalue weighted by atomic mass is 35.5. The molecule has 1 saturated heterocycles. The van der Waals surface area contributed by atoms with E-state index in [-0.39, 0.29) is 18.2 Å². The maximum Gasteiger partial charge on any atom is 0.215 e. The lowest BCUT2D eigenvalue weighted by atomic mass is 10.1. The summed E-state index contributed by atoms with van der Waals surface area (Å²) in [7, 11) is -3.33. The molecule has 23 heavy (non-hydrogen) atoms. The maximum absolute atomic E-state index is 12.3. The Labute approximate surface area is 143 Å². The minimum atomic E-state index is -3.33. The first-order valence-corrected chi connectivity index (χ1v) is 9.30. The zero-order chi connectivity index (χ0) is 15.4. The van der Waals surface area contributed by atoms with E-state index in [4.69, 9.17) is 0 Å². The Balaban J connectivity index is 0.00000192. The van der Waals surface area contributed by atoms with Crippen LogP contribution in [0.4, 0.5) is 0 Å². The number of benzene rings is 1. The van der Waals surface area contributed by atoms with Gasteiger partial charge in [0.15, 0.2) is 0 Å². The summed E-state index contributed by atoms with van der Waals surface area (Å²) in [6.45, 7) is 2.54. The summed E-state index contributed by atoms with van der Waals surface area (Å²) in [4.78, 5) is 4.31. The monoisotopic (exact) mass is 355 g/mol. The SMILES string of the molecule is Cl.O=S(=O)(Cc1cccc2cccnc12)NCCC1CCNC1. The van der Waals surface area contributed by atoms with Gasteiger partial charge in [-0.25, -0.2) is 13.1 Å². The molecule has 0 aliphatic carbocycles. The van der Waals surface area contributed by atoms with Crippen molar-refractivity contribution in [1.82, 2.24) is 15.0 Å². The van der Waals surface area contributed by atoms with Crippen LogP contribution in [0.1, 0.15) is 18.4 Å². The van der Waals surface area contributed by atoms with E-state index in [0.29, 0.717) is 12.5 Å². The Morgan fingerprint density at radius 2 is 2.09 bits per heavy atom. The smallest absolute Gasteiger partial charge is 0.215 e. The second-order valence-electron chi connectivity index (χ2n) is 5.79. The molecule has 1 aliphatic heterocycles. The van der Waals surface area contributed by atoms with Gasteiger partial charge < -0.3 is 5.32 Å². The maximum atomic E-state index is 12.3. The van der Waals surface area contributed by atoms with Crippen LogP contribution in [-0.4, -0.2) is 33.0 Å². The number of nitrogens with zero attached hydrogens (tertiary/aromatic N) is 1. The molecule has 0 radical (unpaired) electrons. The fourth-order valence-corrected chi connectivity index (χ4v) is 4.09. The van der Waals surface area contributed by atoms with Crippen LogP contribution in [0, 0.1) is 5.92 Å². The third-order valence-electron chi connectivity index (χ3n) is 4.10. The standard InChI is InChI=1S/C16H21N3O2S.ClH/c20-22(21,19-10-7-13-6-9-17-11-13)12-15-4-1-3-14-5-2-8-18-16(14)15;/h1-5,8,13,17,19H,6-7,9-12H2;1H. The lowest BCUT2D eigenvalue weighted by molar-refractivity contribution is 0.519. The summed E-state index contributed by atoms with van der Waals surface area (Å²) in [5.74, 6) is 0.562. The first-order valence-electron chi connectivity index (χ1n) is 7.65. The number of pyridine rings is 1. The van der Waals surface area contributed by atoms with Crippen molar-refractivity contribution < 1.29 is 8.42 Å². The fraction of sp³-hybridized carbons (Fsp3) is 0.438. The van der Waals surface area contributed by atoms with Gasteiger partial charge in [0.2, 0.25) is 10.0 Å². The Morgan fingerprint density at radius 3 is 2.87 bits per heavy atom. The number of aromatic nitrogens is 1. The van der Waals surface area contributed by atoms with E-state index in [2.05, 4.69) is 15.0 Å². The summed E-state index contributed by atoms with van der Waals surface area (Å²) in [5, 5.41) is 4.26. The summed E-state index contributed by atoms with van der Waals surface area (Å²) in [6.07, 6.45) is 3.72. The Hall–Kier alpha value is -1.21. The Bertz CT molecular complexity index is 741. The average molecular weight is 356 g/mol. The van der Waals surface area contributed by atoms with Crippen molar-refractivity contribution >= 4 is 33.3 Å². The number of hydrogen-bond donors (Lipinski definition) is 2. The molecule has 126 valence electrons. The average Bonchev–Trinajstić information content (AvgIpc) is 3.00. The van der Waals surface area contributed by atoms with Crippen LogP contribution >= 0.6 is 12.4 Å². The van der Waals surface area contributed by atoms with Crippen LogP contribution in [-0.2, 0) is 15.8 Å². The molecule has 1 aromatic carbocycles. The molecule has 3 rings (SSSR count). The van der Waals surface area contributed by atoms with Crippen molar-refractivity contribution in [3.8, 4) is 0 Å². The molecule has 2 N–H and O–H groups in total. The highest BCUT2D eigenvalue weighted by Crippen LogP contribution is 2.18. The molecule has 2 heterocycles. The molecule has 1 aromatic heterocycles. The van der Waals surface area contributed by atoms with Gasteiger partial charge in [0, 0.05) is 18.1 Å². The quantitative estimate of drug-likeness (QED) is 0.832. The molecule has 0 spiro atoms. The minimum Gasteiger partial charge on any atom is -0.316 e. The van der Waals surface area contributed by atoms with Gasteiger partial charge in [-0.1, -0.05) is 24.3 Å². The summed E-state index contributed by atoms with van der Waals surface area (Å²) in [5.41, 5.74) is 1.50. The van der Waals surface area contributed by atoms with E-state index < -0.39 is 10.0 Å². The third kappa shape index (κ3) is 4.88. The highest BCUT2D eigenvalue weighted by Gasteiger charge is 2.17. The molecule has 5 nitrogen and oxygen atoms in total. The first-order chi connectivity index (χ1) is 10.6. The van der Waals surface area contributed by atoms with Crippen LogP contribution in [0.5, 0.6) is 0 Å². The van der Waals surface area contributed by atoms with E-state index >= 15 is 0 Å². The van der Waals surface area contributed by atoms with E-state index in [0.717, 1.165) is 42.4 Å². The second kappa shape index (κ2) is 8.06. The zero-order valence-electron chi connectivity index (χ0n) is 12.9. The molecule has 0 saturated carbocycles. The van der Waals surface area contributed by atoms with Gasteiger partial charge >= 0.3 is 0 Å². The van der Waals surface area contributed by atoms with E-state index in [1.807, 2.05) is 30.3 Å². The van der Waals surface area contributed by atoms with Gasteiger partial charge in [-0.15, -0.1) is 12.4 Å². The topological polar surface area (TPSA) is 71.1 Å². The van der Waals surface area contributed by atoms with Crippen molar-refractivity contribution in [2.24, 2.45) is 5.92 Å². The lowest BCUT2D eigenvalue weighted by Crippen LogP contribution is -2.28. The summed E-state index contributed by atoms with van der Waals surface area (Å²) in [6, 6.07) is 9.45. The van der Waals surface area contributed by atoms with Gasteiger partial charge in [-0.2, -0.15) is 0 Å². The highest BCUT2D eigenvalue weighted by molar-refractivity contribution is 7.88. The molecule has 7 heteroatoms. The van der Waals surface area contributed by atoms with Gasteiger partial charge in [-0.05, 0) is 43.5 Å². The van der Waals surface area contributed by atoms with Crippen molar-refractivity contribution in [2.45, 2.75) is 18.6 Å². The van der Waals surface area contributed by atoms with Gasteiger partial charge in [0.25, 0.3) is 0 Å². The van der Waals surface area contributed by atoms with Crippen LogP contribution in [0.3, 0.4) is 0 Å². The predicted octanol–water partition coefficient (Wildman–Crippen LogP) is 2.08. The number of halogens is 1. The van der Waals surface area contributed by atoms with E-state index in [9.17, 15) is 8.42 Å². The van der Waals surface area contributed by atoms with Crippen molar-refractivity contribution in [2.75, 3.05) is 19.6 Å². The first kappa shape index (κ1) is 18.1. The Kier molecular flexibility index (Phi) is 6.35. The van der Waals surface area contributed by atoms with Gasteiger partial charge in [0.1, 0.15) is 0 Å². The number of nitrogens with one attached hydrogen (secondary N) is 2. The normalized spacial score (nSPS) is 18.0. The zero-order valence-corrected chi connectivity index (χ0v) is 14.5. The minimum absolute atomic E-state index is 0. The molecular weight excluding hydrogens is 334 g/mol. The number of rotatable bonds is 6. The van der Waals surface area contributed by atoms with Crippen LogP contribution in [0.15, 0.2) is 36.5 Å². The number of para-hydroxylation sites is 1. The van der Waals surface area contributed by atoms with E-state index in [1.165, 1.54) is 0 Å². The van der Waals surface area contributed by atoms with Crippen molar-refractivity contribution in [1.29, 1.82) is 0 Å². The number of fused-ring (bicyclic) bond motifs is 1. The number of sulfonamides is 1. The molecular formula is C16H22ClN3O2S. The molecule has 1 fully saturated rings. The van der Waals surface area contributed by atoms with Crippen LogP contribution < -0.4 is 10.0 Å². The second-order valence-corrected chi connectivity index (χ2v) is 7.60. The molecule has 0 amide bonds. The largest absolute Gasteiger partial charge is 0.316 e. The summed E-state index contributed by atoms with van der Waals surface area (Å²) >= 11 is 0. The van der Waals surface area contributed by atoms with Crippen molar-refractivity contribution in [3.05, 3.63) is 42.1 Å². The van der Waals surface area contributed by atoms with Crippen molar-refractivity contribution in [3.63, 3.8) is 0 Å². The molecule has 1 unspecified atom stereocenters. The van der Waals surface area contributed by atoms with Crippen LogP contribution in [0.25, 0.3) is 10.9 Å². The Morgan fingerprint density at radius 1 is 1.26 bits per heavy atom.